The van der Waals surface area contributed by atoms with Gasteiger partial charge in [-0.05, 0) is 30.0 Å². The van der Waals surface area contributed by atoms with Crippen molar-refractivity contribution in [1.29, 1.82) is 0 Å². The Bertz CT molecular complexity index is 483. The van der Waals surface area contributed by atoms with Gasteiger partial charge in [0, 0.05) is 24.8 Å². The zero-order valence-electron chi connectivity index (χ0n) is 10.3. The van der Waals surface area contributed by atoms with Crippen molar-refractivity contribution in [3.63, 3.8) is 0 Å². The molecule has 4 N–H and O–H groups in total. The molecule has 0 spiro atoms. The molecule has 0 saturated heterocycles. The molecule has 1 saturated carbocycles. The number of hydrogen-bond acceptors (Lipinski definition) is 3. The highest BCUT2D eigenvalue weighted by Gasteiger charge is 2.24. The molecule has 1 aliphatic rings. The molecule has 2 aromatic rings. The summed E-state index contributed by atoms with van der Waals surface area (Å²) in [4.78, 5) is 0. The Hall–Kier alpha value is -1.65. The molecule has 1 aromatic carbocycles. The number of rotatable bonds is 4. The van der Waals surface area contributed by atoms with Gasteiger partial charge in [0.05, 0.1) is 5.69 Å². The number of nitrogens with two attached hydrogens (primary N) is 1. The van der Waals surface area contributed by atoms with Crippen LogP contribution >= 0.6 is 0 Å². The van der Waals surface area contributed by atoms with E-state index in [1.807, 2.05) is 6.07 Å². The second-order valence-electron chi connectivity index (χ2n) is 4.98. The molecule has 1 aliphatic carbocycles. The summed E-state index contributed by atoms with van der Waals surface area (Å²) in [6.07, 6.45) is 3.98. The largest absolute Gasteiger partial charge is 0.328 e. The Balaban J connectivity index is 1.58. The average molecular weight is 242 g/mol. The van der Waals surface area contributed by atoms with Crippen molar-refractivity contribution in [2.24, 2.45) is 5.73 Å². The molecule has 1 fully saturated rings. The fraction of sp³-hybridized carbons (Fsp3) is 0.357. The number of aromatic nitrogens is 2. The first-order chi connectivity index (χ1) is 8.81. The molecule has 0 unspecified atom stereocenters. The average Bonchev–Trinajstić information content (AvgIpc) is 2.88. The van der Waals surface area contributed by atoms with E-state index in [1.165, 1.54) is 11.1 Å². The molecule has 4 nitrogen and oxygen atoms in total. The Labute approximate surface area is 107 Å². The summed E-state index contributed by atoms with van der Waals surface area (Å²) in [7, 11) is 0. The zero-order valence-corrected chi connectivity index (χ0v) is 10.3. The zero-order chi connectivity index (χ0) is 12.4. The van der Waals surface area contributed by atoms with Gasteiger partial charge in [-0.3, -0.25) is 5.10 Å². The van der Waals surface area contributed by atoms with Crippen LogP contribution in [0.4, 0.5) is 0 Å². The highest BCUT2D eigenvalue weighted by molar-refractivity contribution is 5.58. The summed E-state index contributed by atoms with van der Waals surface area (Å²) in [5.41, 5.74) is 9.29. The fourth-order valence-corrected chi connectivity index (χ4v) is 2.31. The third kappa shape index (κ3) is 2.44. The molecule has 0 amide bonds. The molecular formula is C14H18N4. The van der Waals surface area contributed by atoms with Crippen LogP contribution < -0.4 is 11.1 Å². The predicted molar refractivity (Wildman–Crippen MR) is 71.9 cm³/mol. The monoisotopic (exact) mass is 242 g/mol. The Morgan fingerprint density at radius 2 is 2.00 bits per heavy atom. The molecule has 1 heterocycles. The third-order valence-corrected chi connectivity index (χ3v) is 3.54. The first-order valence-electron chi connectivity index (χ1n) is 6.39. The summed E-state index contributed by atoms with van der Waals surface area (Å²) >= 11 is 0. The summed E-state index contributed by atoms with van der Waals surface area (Å²) < 4.78 is 0. The molecule has 1 aromatic heterocycles. The first kappa shape index (κ1) is 11.4. The molecule has 0 radical (unpaired) electrons. The molecule has 0 atom stereocenters. The van der Waals surface area contributed by atoms with E-state index in [4.69, 9.17) is 5.73 Å². The van der Waals surface area contributed by atoms with Crippen molar-refractivity contribution >= 4 is 0 Å². The van der Waals surface area contributed by atoms with Gasteiger partial charge in [-0.15, -0.1) is 0 Å². The number of aromatic amines is 1. The highest BCUT2D eigenvalue weighted by Crippen LogP contribution is 2.19. The maximum absolute atomic E-state index is 5.76. The lowest BCUT2D eigenvalue weighted by atomic mass is 9.87. The second-order valence-corrected chi connectivity index (χ2v) is 4.98. The van der Waals surface area contributed by atoms with Crippen molar-refractivity contribution in [1.82, 2.24) is 15.5 Å². The van der Waals surface area contributed by atoms with Crippen molar-refractivity contribution in [3.8, 4) is 11.3 Å². The van der Waals surface area contributed by atoms with Crippen LogP contribution in [0.5, 0.6) is 0 Å². The summed E-state index contributed by atoms with van der Waals surface area (Å²) in [5.74, 6) is 0. The quantitative estimate of drug-likeness (QED) is 0.764. The van der Waals surface area contributed by atoms with Crippen LogP contribution in [0, 0.1) is 0 Å². The minimum Gasteiger partial charge on any atom is -0.328 e. The van der Waals surface area contributed by atoms with Gasteiger partial charge in [-0.1, -0.05) is 24.3 Å². The van der Waals surface area contributed by atoms with Crippen molar-refractivity contribution < 1.29 is 0 Å². The van der Waals surface area contributed by atoms with E-state index in [0.29, 0.717) is 12.1 Å². The van der Waals surface area contributed by atoms with Gasteiger partial charge >= 0.3 is 0 Å². The molecule has 0 aliphatic heterocycles. The van der Waals surface area contributed by atoms with Crippen LogP contribution in [0.25, 0.3) is 11.3 Å². The van der Waals surface area contributed by atoms with Crippen LogP contribution in [0.2, 0.25) is 0 Å². The number of nitrogens with zero attached hydrogens (tertiary/aromatic N) is 1. The minimum atomic E-state index is 0.408. The van der Waals surface area contributed by atoms with Crippen LogP contribution in [0.15, 0.2) is 36.5 Å². The van der Waals surface area contributed by atoms with Gasteiger partial charge in [0.15, 0.2) is 0 Å². The van der Waals surface area contributed by atoms with Gasteiger partial charge in [0.1, 0.15) is 0 Å². The van der Waals surface area contributed by atoms with E-state index in [-0.39, 0.29) is 0 Å². The number of nitrogens with one attached hydrogen (secondary N) is 2. The summed E-state index contributed by atoms with van der Waals surface area (Å²) in [6.45, 7) is 0.917. The van der Waals surface area contributed by atoms with Crippen LogP contribution in [0.3, 0.4) is 0 Å². The Kier molecular flexibility index (Phi) is 3.13. The van der Waals surface area contributed by atoms with Gasteiger partial charge in [0.25, 0.3) is 0 Å². The smallest absolute Gasteiger partial charge is 0.0650 e. The summed E-state index contributed by atoms with van der Waals surface area (Å²) in [5, 5.41) is 10.4. The van der Waals surface area contributed by atoms with E-state index >= 15 is 0 Å². The summed E-state index contributed by atoms with van der Waals surface area (Å²) in [6, 6.07) is 11.5. The highest BCUT2D eigenvalue weighted by atomic mass is 15.1. The lowest BCUT2D eigenvalue weighted by molar-refractivity contribution is 0.291. The second kappa shape index (κ2) is 4.92. The van der Waals surface area contributed by atoms with E-state index in [0.717, 1.165) is 25.1 Å². The minimum absolute atomic E-state index is 0.408. The van der Waals surface area contributed by atoms with Crippen molar-refractivity contribution in [2.45, 2.75) is 31.5 Å². The van der Waals surface area contributed by atoms with Gasteiger partial charge < -0.3 is 11.1 Å². The predicted octanol–water partition coefficient (Wildman–Crippen LogP) is 1.66. The van der Waals surface area contributed by atoms with E-state index in [1.54, 1.807) is 6.20 Å². The maximum atomic E-state index is 5.76. The van der Waals surface area contributed by atoms with Crippen molar-refractivity contribution in [3.05, 3.63) is 42.1 Å². The normalized spacial score (nSPS) is 22.7. The molecule has 94 valence electrons. The first-order valence-corrected chi connectivity index (χ1v) is 6.39. The van der Waals surface area contributed by atoms with E-state index in [9.17, 15) is 0 Å². The molecule has 18 heavy (non-hydrogen) atoms. The van der Waals surface area contributed by atoms with Gasteiger partial charge in [-0.25, -0.2) is 0 Å². The standard InChI is InChI=1S/C14H18N4/c15-12-7-13(8-12)16-9-10-1-3-11(4-2-10)14-5-6-17-18-14/h1-6,12-13,16H,7-9,15H2,(H,17,18). The fourth-order valence-electron chi connectivity index (χ4n) is 2.31. The maximum Gasteiger partial charge on any atom is 0.0650 e. The number of benzene rings is 1. The van der Waals surface area contributed by atoms with Crippen LogP contribution in [-0.2, 0) is 6.54 Å². The molecule has 3 rings (SSSR count). The molecule has 4 heteroatoms. The van der Waals surface area contributed by atoms with Gasteiger partial charge in [-0.2, -0.15) is 5.10 Å². The Morgan fingerprint density at radius 1 is 1.22 bits per heavy atom. The lowest BCUT2D eigenvalue weighted by Crippen LogP contribution is -2.48. The van der Waals surface area contributed by atoms with Crippen LogP contribution in [0.1, 0.15) is 18.4 Å². The topological polar surface area (TPSA) is 66.7 Å². The Morgan fingerprint density at radius 3 is 2.61 bits per heavy atom. The van der Waals surface area contributed by atoms with Crippen LogP contribution in [-0.4, -0.2) is 22.3 Å². The molecule has 0 bridgehead atoms. The van der Waals surface area contributed by atoms with Gasteiger partial charge in [0.2, 0.25) is 0 Å². The van der Waals surface area contributed by atoms with E-state index in [2.05, 4.69) is 39.8 Å². The SMILES string of the molecule is NC1CC(NCc2ccc(-c3ccn[nH]3)cc2)C1. The third-order valence-electron chi connectivity index (χ3n) is 3.54. The van der Waals surface area contributed by atoms with Crippen molar-refractivity contribution in [2.75, 3.05) is 0 Å². The lowest BCUT2D eigenvalue weighted by Gasteiger charge is -2.33. The molecular weight excluding hydrogens is 224 g/mol. The number of hydrogen-bond donors (Lipinski definition) is 3. The number of H-pyrrole nitrogens is 1. The van der Waals surface area contributed by atoms with E-state index < -0.39 is 0 Å².